The van der Waals surface area contributed by atoms with Gasteiger partial charge in [-0.25, -0.2) is 9.97 Å². The molecular formula is C18H20N6O. The Balaban J connectivity index is 1.90. The maximum Gasteiger partial charge on any atom is 0.141 e. The highest BCUT2D eigenvalue weighted by Crippen LogP contribution is 2.34. The van der Waals surface area contributed by atoms with Gasteiger partial charge in [0.05, 0.1) is 29.4 Å². The van der Waals surface area contributed by atoms with E-state index in [1.54, 1.807) is 13.3 Å². The van der Waals surface area contributed by atoms with Crippen molar-refractivity contribution in [2.45, 2.75) is 12.5 Å². The molecule has 0 saturated carbocycles. The average Bonchev–Trinajstić information content (AvgIpc) is 3.29. The van der Waals surface area contributed by atoms with Crippen LogP contribution in [0.2, 0.25) is 0 Å². The molecule has 0 spiro atoms. The summed E-state index contributed by atoms with van der Waals surface area (Å²) in [7, 11) is 1.73. The molecule has 2 N–H and O–H groups in total. The minimum Gasteiger partial charge on any atom is -0.383 e. The summed E-state index contributed by atoms with van der Waals surface area (Å²) in [6.45, 7) is 3.46. The molecule has 1 atom stereocenters. The zero-order chi connectivity index (χ0) is 17.2. The van der Waals surface area contributed by atoms with E-state index in [0.29, 0.717) is 18.3 Å². The summed E-state index contributed by atoms with van der Waals surface area (Å²) in [6.07, 6.45) is 4.63. The molecule has 0 radical (unpaired) electrons. The molecule has 3 aromatic heterocycles. The quantitative estimate of drug-likeness (QED) is 0.738. The van der Waals surface area contributed by atoms with Crippen molar-refractivity contribution in [3.05, 3.63) is 30.2 Å². The highest BCUT2D eigenvalue weighted by molar-refractivity contribution is 6.12. The number of aromatic amines is 1. The van der Waals surface area contributed by atoms with Crippen LogP contribution in [0.5, 0.6) is 0 Å². The van der Waals surface area contributed by atoms with Gasteiger partial charge in [0.1, 0.15) is 17.4 Å². The van der Waals surface area contributed by atoms with Gasteiger partial charge in [-0.3, -0.25) is 0 Å². The van der Waals surface area contributed by atoms with Crippen LogP contribution in [0.1, 0.15) is 12.1 Å². The number of ether oxygens (including phenoxy) is 1. The number of pyridine rings is 2. The van der Waals surface area contributed by atoms with Crippen LogP contribution in [0.4, 0.5) is 5.69 Å². The molecule has 1 fully saturated rings. The largest absolute Gasteiger partial charge is 0.383 e. The fourth-order valence-corrected chi connectivity index (χ4v) is 3.60. The van der Waals surface area contributed by atoms with Crippen molar-refractivity contribution in [2.24, 2.45) is 0 Å². The Morgan fingerprint density at radius 2 is 2.36 bits per heavy atom. The second kappa shape index (κ2) is 6.67. The molecule has 7 heteroatoms. The molecule has 25 heavy (non-hydrogen) atoms. The smallest absolute Gasteiger partial charge is 0.141 e. The third kappa shape index (κ3) is 2.80. The lowest BCUT2D eigenvalue weighted by Gasteiger charge is -2.31. The normalized spacial score (nSPS) is 17.2. The number of H-pyrrole nitrogens is 1. The van der Waals surface area contributed by atoms with Crippen LogP contribution in [0.25, 0.3) is 21.9 Å². The highest BCUT2D eigenvalue weighted by atomic mass is 16.5. The predicted molar refractivity (Wildman–Crippen MR) is 96.6 cm³/mol. The second-order valence-corrected chi connectivity index (χ2v) is 6.24. The van der Waals surface area contributed by atoms with E-state index in [1.807, 2.05) is 12.3 Å². The molecule has 1 saturated heterocycles. The Morgan fingerprint density at radius 1 is 1.44 bits per heavy atom. The first-order chi connectivity index (χ1) is 12.3. The van der Waals surface area contributed by atoms with Gasteiger partial charge in [0.15, 0.2) is 0 Å². The molecule has 1 aliphatic heterocycles. The number of hydrogen-bond donors (Lipinski definition) is 2. The van der Waals surface area contributed by atoms with Crippen LogP contribution in [0, 0.1) is 11.3 Å². The summed E-state index contributed by atoms with van der Waals surface area (Å²) in [5, 5.41) is 14.7. The van der Waals surface area contributed by atoms with Gasteiger partial charge in [-0.1, -0.05) is 0 Å². The lowest BCUT2D eigenvalue weighted by atomic mass is 10.1. The van der Waals surface area contributed by atoms with Crippen molar-refractivity contribution in [3.63, 3.8) is 0 Å². The Kier molecular flexibility index (Phi) is 4.22. The lowest BCUT2D eigenvalue weighted by molar-refractivity contribution is 0.203. The summed E-state index contributed by atoms with van der Waals surface area (Å²) in [5.41, 5.74) is 3.24. The molecule has 0 amide bonds. The molecular weight excluding hydrogens is 316 g/mol. The third-order valence-electron chi connectivity index (χ3n) is 4.79. The van der Waals surface area contributed by atoms with E-state index in [-0.39, 0.29) is 0 Å². The van der Waals surface area contributed by atoms with E-state index < -0.39 is 0 Å². The van der Waals surface area contributed by atoms with Crippen LogP contribution in [0.3, 0.4) is 0 Å². The van der Waals surface area contributed by atoms with Gasteiger partial charge in [0.2, 0.25) is 0 Å². The molecule has 7 nitrogen and oxygen atoms in total. The molecule has 4 rings (SSSR count). The number of nitrogens with one attached hydrogen (secondary N) is 2. The summed E-state index contributed by atoms with van der Waals surface area (Å²) in [5.74, 6) is 0. The Bertz CT molecular complexity index is 938. The summed E-state index contributed by atoms with van der Waals surface area (Å²) in [6, 6.07) is 6.43. The van der Waals surface area contributed by atoms with Crippen molar-refractivity contribution in [2.75, 3.05) is 38.3 Å². The van der Waals surface area contributed by atoms with Crippen molar-refractivity contribution in [3.8, 4) is 6.07 Å². The third-order valence-corrected chi connectivity index (χ3v) is 4.79. The second-order valence-electron chi connectivity index (χ2n) is 6.24. The SMILES string of the molecule is COCCN(c1ccnc2[nH]c3cnc(C#N)cc3c12)[C@@H]1CCNC1. The molecule has 0 aromatic carbocycles. The van der Waals surface area contributed by atoms with Crippen LogP contribution in [0.15, 0.2) is 24.5 Å². The molecule has 4 heterocycles. The first kappa shape index (κ1) is 15.8. The van der Waals surface area contributed by atoms with E-state index in [9.17, 15) is 5.26 Å². The van der Waals surface area contributed by atoms with Gasteiger partial charge in [-0.15, -0.1) is 0 Å². The van der Waals surface area contributed by atoms with E-state index in [1.165, 1.54) is 0 Å². The first-order valence-electron chi connectivity index (χ1n) is 8.44. The van der Waals surface area contributed by atoms with Crippen molar-refractivity contribution in [1.29, 1.82) is 5.26 Å². The van der Waals surface area contributed by atoms with E-state index >= 15 is 0 Å². The van der Waals surface area contributed by atoms with Crippen molar-refractivity contribution >= 4 is 27.6 Å². The molecule has 3 aromatic rings. The Labute approximate surface area is 145 Å². The number of nitriles is 1. The standard InChI is InChI=1S/C18H20N6O/c1-25-7-6-24(13-2-4-20-10-13)16-3-5-21-18-17(16)14-8-12(9-19)22-11-15(14)23-18/h3,5,8,11,13,20H,2,4,6-7,10H2,1H3,(H,21,23)/t13-/m1/s1. The van der Waals surface area contributed by atoms with Gasteiger partial charge in [-0.05, 0) is 25.1 Å². The van der Waals surface area contributed by atoms with Gasteiger partial charge in [0, 0.05) is 37.8 Å². The summed E-state index contributed by atoms with van der Waals surface area (Å²) >= 11 is 0. The number of methoxy groups -OCH3 is 1. The Hall–Kier alpha value is -2.69. The average molecular weight is 336 g/mol. The fourth-order valence-electron chi connectivity index (χ4n) is 3.60. The minimum atomic E-state index is 0.411. The number of nitrogens with zero attached hydrogens (tertiary/aromatic N) is 4. The maximum atomic E-state index is 9.20. The summed E-state index contributed by atoms with van der Waals surface area (Å²) in [4.78, 5) is 14.4. The first-order valence-corrected chi connectivity index (χ1v) is 8.44. The fraction of sp³-hybridized carbons (Fsp3) is 0.389. The van der Waals surface area contributed by atoms with Crippen LogP contribution >= 0.6 is 0 Å². The monoisotopic (exact) mass is 336 g/mol. The zero-order valence-corrected chi connectivity index (χ0v) is 14.1. The topological polar surface area (TPSA) is 89.9 Å². The van der Waals surface area contributed by atoms with E-state index in [4.69, 9.17) is 4.74 Å². The van der Waals surface area contributed by atoms with Gasteiger partial charge in [-0.2, -0.15) is 5.26 Å². The van der Waals surface area contributed by atoms with Crippen LogP contribution < -0.4 is 10.2 Å². The van der Waals surface area contributed by atoms with Crippen LogP contribution in [-0.2, 0) is 4.74 Å². The van der Waals surface area contributed by atoms with E-state index in [2.05, 4.69) is 37.3 Å². The zero-order valence-electron chi connectivity index (χ0n) is 14.1. The van der Waals surface area contributed by atoms with E-state index in [0.717, 1.165) is 53.7 Å². The molecule has 0 bridgehead atoms. The maximum absolute atomic E-state index is 9.20. The van der Waals surface area contributed by atoms with Crippen molar-refractivity contribution < 1.29 is 4.74 Å². The number of anilines is 1. The van der Waals surface area contributed by atoms with Gasteiger partial charge < -0.3 is 19.9 Å². The van der Waals surface area contributed by atoms with Gasteiger partial charge in [0.25, 0.3) is 0 Å². The number of fused-ring (bicyclic) bond motifs is 3. The van der Waals surface area contributed by atoms with Crippen molar-refractivity contribution in [1.82, 2.24) is 20.3 Å². The summed E-state index contributed by atoms with van der Waals surface area (Å²) < 4.78 is 5.33. The number of aromatic nitrogens is 3. The predicted octanol–water partition coefficient (Wildman–Crippen LogP) is 1.80. The molecule has 1 aliphatic rings. The molecule has 0 aliphatic carbocycles. The number of rotatable bonds is 5. The Morgan fingerprint density at radius 3 is 3.12 bits per heavy atom. The van der Waals surface area contributed by atoms with Crippen LogP contribution in [-0.4, -0.2) is 54.3 Å². The molecule has 0 unspecified atom stereocenters. The molecule has 128 valence electrons. The minimum absolute atomic E-state index is 0.411. The highest BCUT2D eigenvalue weighted by Gasteiger charge is 2.25. The lowest BCUT2D eigenvalue weighted by Crippen LogP contribution is -2.39. The number of hydrogen-bond acceptors (Lipinski definition) is 6. The van der Waals surface area contributed by atoms with Gasteiger partial charge >= 0.3 is 0 Å².